The molecule has 1 atom stereocenters. The van der Waals surface area contributed by atoms with Crippen LogP contribution in [-0.4, -0.2) is 51.8 Å². The average Bonchev–Trinajstić information content (AvgIpc) is 3.17. The molecule has 0 spiro atoms. The van der Waals surface area contributed by atoms with Gasteiger partial charge in [0.05, 0.1) is 5.69 Å². The molecule has 0 radical (unpaired) electrons. The van der Waals surface area contributed by atoms with E-state index in [2.05, 4.69) is 14.9 Å². The van der Waals surface area contributed by atoms with Gasteiger partial charge in [-0.3, -0.25) is 9.80 Å². The van der Waals surface area contributed by atoms with Crippen molar-refractivity contribution < 1.29 is 4.39 Å². The highest BCUT2D eigenvalue weighted by Gasteiger charge is 2.28. The minimum atomic E-state index is -0.173. The lowest BCUT2D eigenvalue weighted by atomic mass is 10.1. The number of nitrogens with zero attached hydrogens (tertiary/aromatic N) is 4. The summed E-state index contributed by atoms with van der Waals surface area (Å²) in [4.78, 5) is 5.11. The zero-order chi connectivity index (χ0) is 15.6. The van der Waals surface area contributed by atoms with E-state index in [1.807, 2.05) is 23.0 Å². The van der Waals surface area contributed by atoms with E-state index in [9.17, 15) is 4.39 Å². The van der Waals surface area contributed by atoms with Crippen molar-refractivity contribution in [1.82, 2.24) is 19.6 Å². The Morgan fingerprint density at radius 2 is 2.09 bits per heavy atom. The van der Waals surface area contributed by atoms with E-state index < -0.39 is 0 Å². The van der Waals surface area contributed by atoms with Crippen LogP contribution in [0.15, 0.2) is 36.7 Å². The third kappa shape index (κ3) is 3.16. The Morgan fingerprint density at radius 3 is 2.96 bits per heavy atom. The van der Waals surface area contributed by atoms with Gasteiger partial charge in [0.15, 0.2) is 0 Å². The molecule has 2 aliphatic heterocycles. The molecule has 4 rings (SSSR count). The van der Waals surface area contributed by atoms with Gasteiger partial charge in [0, 0.05) is 31.5 Å². The molecule has 2 saturated heterocycles. The Morgan fingerprint density at radius 1 is 1.17 bits per heavy atom. The maximum atomic E-state index is 13.8. The Balaban J connectivity index is 1.57. The standard InChI is InChI=1S/C18H23FN4/c19-16-5-6-18(23-11-2-7-20-23)15(12-16)13-21-8-3-10-22-9-1-4-17(22)14-21/h2,5-7,11-12,17H,1,3-4,8-10,13-14H2/t17-/m0/s1. The van der Waals surface area contributed by atoms with Crippen molar-refractivity contribution in [3.8, 4) is 5.69 Å². The van der Waals surface area contributed by atoms with E-state index in [-0.39, 0.29) is 5.82 Å². The molecule has 2 aromatic rings. The Labute approximate surface area is 136 Å². The second-order valence-electron chi connectivity index (χ2n) is 6.64. The molecule has 1 aromatic heterocycles. The summed E-state index contributed by atoms with van der Waals surface area (Å²) < 4.78 is 15.6. The molecule has 0 bridgehead atoms. The van der Waals surface area contributed by atoms with Crippen LogP contribution < -0.4 is 0 Å². The SMILES string of the molecule is Fc1ccc(-n2cccn2)c(CN2CCCN3CCC[C@H]3C2)c1. The number of rotatable bonds is 3. The summed E-state index contributed by atoms with van der Waals surface area (Å²) in [7, 11) is 0. The maximum Gasteiger partial charge on any atom is 0.123 e. The van der Waals surface area contributed by atoms with Crippen molar-refractivity contribution in [3.05, 3.63) is 48.0 Å². The molecular weight excluding hydrogens is 291 g/mol. The van der Waals surface area contributed by atoms with Gasteiger partial charge in [0.25, 0.3) is 0 Å². The average molecular weight is 314 g/mol. The van der Waals surface area contributed by atoms with Crippen LogP contribution in [0.3, 0.4) is 0 Å². The highest BCUT2D eigenvalue weighted by atomic mass is 19.1. The van der Waals surface area contributed by atoms with Gasteiger partial charge in [-0.1, -0.05) is 0 Å². The molecule has 0 aliphatic carbocycles. The highest BCUT2D eigenvalue weighted by molar-refractivity contribution is 5.40. The van der Waals surface area contributed by atoms with Gasteiger partial charge in [0.1, 0.15) is 5.82 Å². The lowest BCUT2D eigenvalue weighted by Crippen LogP contribution is -2.36. The minimum Gasteiger partial charge on any atom is -0.299 e. The normalized spacial score (nSPS) is 22.9. The first-order valence-corrected chi connectivity index (χ1v) is 8.54. The summed E-state index contributed by atoms with van der Waals surface area (Å²) in [5.41, 5.74) is 1.99. The van der Waals surface area contributed by atoms with Crippen LogP contribution in [-0.2, 0) is 6.54 Å². The smallest absolute Gasteiger partial charge is 0.123 e. The molecule has 23 heavy (non-hydrogen) atoms. The van der Waals surface area contributed by atoms with Crippen LogP contribution in [0.25, 0.3) is 5.69 Å². The van der Waals surface area contributed by atoms with Crippen LogP contribution in [0.5, 0.6) is 0 Å². The molecule has 5 heteroatoms. The summed E-state index contributed by atoms with van der Waals surface area (Å²) in [5.74, 6) is -0.173. The minimum absolute atomic E-state index is 0.173. The molecule has 3 heterocycles. The predicted octanol–water partition coefficient (Wildman–Crippen LogP) is 2.68. The van der Waals surface area contributed by atoms with Gasteiger partial charge < -0.3 is 0 Å². The van der Waals surface area contributed by atoms with Crippen molar-refractivity contribution in [2.24, 2.45) is 0 Å². The molecule has 4 nitrogen and oxygen atoms in total. The van der Waals surface area contributed by atoms with Gasteiger partial charge >= 0.3 is 0 Å². The lowest BCUT2D eigenvalue weighted by Gasteiger charge is -2.26. The molecular formula is C18H23FN4. The van der Waals surface area contributed by atoms with Crippen molar-refractivity contribution in [2.45, 2.75) is 31.8 Å². The van der Waals surface area contributed by atoms with Crippen molar-refractivity contribution in [2.75, 3.05) is 26.2 Å². The van der Waals surface area contributed by atoms with E-state index in [1.165, 1.54) is 38.4 Å². The van der Waals surface area contributed by atoms with Gasteiger partial charge in [-0.2, -0.15) is 5.10 Å². The van der Waals surface area contributed by atoms with Gasteiger partial charge in [-0.15, -0.1) is 0 Å². The van der Waals surface area contributed by atoms with E-state index in [0.717, 1.165) is 30.9 Å². The summed E-state index contributed by atoms with van der Waals surface area (Å²) in [6.45, 7) is 5.42. The summed E-state index contributed by atoms with van der Waals surface area (Å²) >= 11 is 0. The third-order valence-electron chi connectivity index (χ3n) is 5.07. The van der Waals surface area contributed by atoms with Crippen molar-refractivity contribution in [1.29, 1.82) is 0 Å². The topological polar surface area (TPSA) is 24.3 Å². The largest absolute Gasteiger partial charge is 0.299 e. The second-order valence-corrected chi connectivity index (χ2v) is 6.64. The number of halogens is 1. The first kappa shape index (κ1) is 14.8. The van der Waals surface area contributed by atoms with E-state index >= 15 is 0 Å². The summed E-state index contributed by atoms with van der Waals surface area (Å²) in [6, 6.07) is 7.59. The zero-order valence-electron chi connectivity index (χ0n) is 13.4. The number of aromatic nitrogens is 2. The maximum absolute atomic E-state index is 13.8. The zero-order valence-corrected chi connectivity index (χ0v) is 13.4. The molecule has 122 valence electrons. The summed E-state index contributed by atoms with van der Waals surface area (Å²) in [5, 5.41) is 4.31. The van der Waals surface area contributed by atoms with Gasteiger partial charge in [-0.05, 0) is 68.7 Å². The van der Waals surface area contributed by atoms with Crippen molar-refractivity contribution >= 4 is 0 Å². The number of hydrogen-bond acceptors (Lipinski definition) is 3. The van der Waals surface area contributed by atoms with E-state index in [4.69, 9.17) is 0 Å². The van der Waals surface area contributed by atoms with E-state index in [0.29, 0.717) is 6.04 Å². The monoisotopic (exact) mass is 314 g/mol. The van der Waals surface area contributed by atoms with Gasteiger partial charge in [0.2, 0.25) is 0 Å². The lowest BCUT2D eigenvalue weighted by molar-refractivity contribution is 0.215. The van der Waals surface area contributed by atoms with Crippen molar-refractivity contribution in [3.63, 3.8) is 0 Å². The predicted molar refractivity (Wildman–Crippen MR) is 88.0 cm³/mol. The summed E-state index contributed by atoms with van der Waals surface area (Å²) in [6.07, 6.45) is 7.49. The van der Waals surface area contributed by atoms with Crippen LogP contribution in [0.1, 0.15) is 24.8 Å². The third-order valence-corrected chi connectivity index (χ3v) is 5.07. The molecule has 0 amide bonds. The number of hydrogen-bond donors (Lipinski definition) is 0. The quantitative estimate of drug-likeness (QED) is 0.870. The molecule has 0 saturated carbocycles. The first-order chi connectivity index (χ1) is 11.3. The van der Waals surface area contributed by atoms with Crippen LogP contribution in [0.4, 0.5) is 4.39 Å². The fourth-order valence-electron chi connectivity index (χ4n) is 3.98. The number of benzene rings is 1. The fraction of sp³-hybridized carbons (Fsp3) is 0.500. The van der Waals surface area contributed by atoms with Crippen LogP contribution in [0.2, 0.25) is 0 Å². The Hall–Kier alpha value is -1.72. The molecule has 2 aliphatic rings. The molecule has 2 fully saturated rings. The Bertz CT molecular complexity index is 655. The molecule has 0 N–H and O–H groups in total. The van der Waals surface area contributed by atoms with E-state index in [1.54, 1.807) is 12.3 Å². The van der Waals surface area contributed by atoms with Crippen LogP contribution in [0, 0.1) is 5.82 Å². The molecule has 1 aromatic carbocycles. The highest BCUT2D eigenvalue weighted by Crippen LogP contribution is 2.24. The number of fused-ring (bicyclic) bond motifs is 1. The van der Waals surface area contributed by atoms with Gasteiger partial charge in [-0.25, -0.2) is 9.07 Å². The second kappa shape index (κ2) is 6.42. The fourth-order valence-corrected chi connectivity index (χ4v) is 3.98. The molecule has 0 unspecified atom stereocenters. The van der Waals surface area contributed by atoms with Crippen LogP contribution >= 0.6 is 0 Å². The first-order valence-electron chi connectivity index (χ1n) is 8.54. The Kier molecular flexibility index (Phi) is 4.14.